The van der Waals surface area contributed by atoms with Crippen molar-refractivity contribution in [1.29, 1.82) is 0 Å². The van der Waals surface area contributed by atoms with Gasteiger partial charge < -0.3 is 10.2 Å². The molecule has 1 aliphatic heterocycles. The molecule has 1 aliphatic rings. The summed E-state index contributed by atoms with van der Waals surface area (Å²) >= 11 is 5.97. The predicted octanol–water partition coefficient (Wildman–Crippen LogP) is 4.13. The van der Waals surface area contributed by atoms with Crippen LogP contribution in [-0.2, 0) is 5.41 Å². The molecule has 0 bridgehead atoms. The van der Waals surface area contributed by atoms with Gasteiger partial charge in [0.15, 0.2) is 0 Å². The Morgan fingerprint density at radius 1 is 1.04 bits per heavy atom. The van der Waals surface area contributed by atoms with Crippen molar-refractivity contribution in [1.82, 2.24) is 15.1 Å². The van der Waals surface area contributed by atoms with Crippen LogP contribution < -0.4 is 5.32 Å². The third-order valence-corrected chi connectivity index (χ3v) is 5.29. The van der Waals surface area contributed by atoms with Gasteiger partial charge in [0, 0.05) is 48.7 Å². The molecule has 0 radical (unpaired) electrons. The van der Waals surface area contributed by atoms with Crippen molar-refractivity contribution in [2.24, 2.45) is 0 Å². The van der Waals surface area contributed by atoms with Gasteiger partial charge in [-0.3, -0.25) is 4.90 Å². The van der Waals surface area contributed by atoms with E-state index in [1.165, 1.54) is 5.56 Å². The van der Waals surface area contributed by atoms with Gasteiger partial charge in [-0.05, 0) is 44.9 Å². The average Bonchev–Trinajstić information content (AvgIpc) is 2.79. The Labute approximate surface area is 157 Å². The fourth-order valence-corrected chi connectivity index (χ4v) is 3.33. The quantitative estimate of drug-likeness (QED) is 0.873. The summed E-state index contributed by atoms with van der Waals surface area (Å²) in [5.41, 5.74) is 1.19. The number of benzene rings is 1. The second-order valence-corrected chi connectivity index (χ2v) is 8.98. The summed E-state index contributed by atoms with van der Waals surface area (Å²) < 4.78 is 0. The van der Waals surface area contributed by atoms with Gasteiger partial charge in [-0.25, -0.2) is 4.79 Å². The maximum absolute atomic E-state index is 12.6. The molecular weight excluding hydrogens is 334 g/mol. The number of hydrogen-bond acceptors (Lipinski definition) is 2. The molecule has 1 aromatic carbocycles. The number of carbonyl (C=O) groups excluding carboxylic acids is 1. The summed E-state index contributed by atoms with van der Waals surface area (Å²) in [5, 5.41) is 3.86. The molecule has 5 heteroatoms. The fourth-order valence-electron chi connectivity index (χ4n) is 3.20. The van der Waals surface area contributed by atoms with Crippen molar-refractivity contribution in [3.05, 3.63) is 34.9 Å². The molecule has 4 nitrogen and oxygen atoms in total. The molecule has 1 aromatic rings. The highest BCUT2D eigenvalue weighted by atomic mass is 35.5. The maximum Gasteiger partial charge on any atom is 0.317 e. The van der Waals surface area contributed by atoms with Gasteiger partial charge in [0.05, 0.1) is 0 Å². The normalized spacial score (nSPS) is 17.3. The van der Waals surface area contributed by atoms with Crippen molar-refractivity contribution in [3.63, 3.8) is 0 Å². The average molecular weight is 366 g/mol. The molecule has 140 valence electrons. The van der Waals surface area contributed by atoms with Crippen LogP contribution in [0.1, 0.15) is 46.6 Å². The number of carbonyl (C=O) groups is 1. The smallest absolute Gasteiger partial charge is 0.317 e. The van der Waals surface area contributed by atoms with Crippen LogP contribution in [0.25, 0.3) is 0 Å². The van der Waals surface area contributed by atoms with Gasteiger partial charge in [0.25, 0.3) is 0 Å². The van der Waals surface area contributed by atoms with Crippen molar-refractivity contribution in [3.8, 4) is 0 Å². The first kappa shape index (κ1) is 20.1. The van der Waals surface area contributed by atoms with E-state index in [-0.39, 0.29) is 17.0 Å². The highest BCUT2D eigenvalue weighted by Gasteiger charge is 2.27. The maximum atomic E-state index is 12.6. The summed E-state index contributed by atoms with van der Waals surface area (Å²) in [6, 6.07) is 7.90. The Bertz CT molecular complexity index is 578. The van der Waals surface area contributed by atoms with Crippen LogP contribution in [0, 0.1) is 0 Å². The minimum absolute atomic E-state index is 0.0396. The minimum Gasteiger partial charge on any atom is -0.337 e. The molecule has 0 spiro atoms. The molecule has 2 rings (SSSR count). The Morgan fingerprint density at radius 2 is 1.68 bits per heavy atom. The Balaban J connectivity index is 1.90. The van der Waals surface area contributed by atoms with Crippen LogP contribution in [0.5, 0.6) is 0 Å². The molecule has 0 aromatic heterocycles. The van der Waals surface area contributed by atoms with Crippen LogP contribution in [-0.4, -0.2) is 54.1 Å². The molecule has 2 amide bonds. The Hall–Kier alpha value is -1.26. The number of halogens is 1. The standard InChI is InChI=1S/C20H32ClN3O/c1-19(2,3)24-12-6-11-23(13-14-24)18(25)22-15-20(4,5)16-7-9-17(21)10-8-16/h7-10H,6,11-15H2,1-5H3,(H,22,25). The molecule has 25 heavy (non-hydrogen) atoms. The van der Waals surface area contributed by atoms with Crippen molar-refractivity contribution in [2.45, 2.75) is 52.0 Å². The number of nitrogens with one attached hydrogen (secondary N) is 1. The van der Waals surface area contributed by atoms with E-state index < -0.39 is 0 Å². The van der Waals surface area contributed by atoms with Gasteiger partial charge in [-0.2, -0.15) is 0 Å². The van der Waals surface area contributed by atoms with Gasteiger partial charge in [-0.1, -0.05) is 37.6 Å². The fraction of sp³-hybridized carbons (Fsp3) is 0.650. The summed E-state index contributed by atoms with van der Waals surface area (Å²) in [5.74, 6) is 0. The van der Waals surface area contributed by atoms with E-state index in [1.54, 1.807) is 0 Å². The van der Waals surface area contributed by atoms with Crippen LogP contribution in [0.15, 0.2) is 24.3 Å². The van der Waals surface area contributed by atoms with E-state index in [0.717, 1.165) is 37.6 Å². The lowest BCUT2D eigenvalue weighted by Crippen LogP contribution is -2.47. The molecule has 0 saturated carbocycles. The van der Waals surface area contributed by atoms with E-state index >= 15 is 0 Å². The topological polar surface area (TPSA) is 35.6 Å². The third kappa shape index (κ3) is 5.61. The highest BCUT2D eigenvalue weighted by molar-refractivity contribution is 6.30. The molecule has 1 saturated heterocycles. The molecule has 1 heterocycles. The van der Waals surface area contributed by atoms with Gasteiger partial charge >= 0.3 is 6.03 Å². The van der Waals surface area contributed by atoms with Gasteiger partial charge in [-0.15, -0.1) is 0 Å². The van der Waals surface area contributed by atoms with Crippen molar-refractivity contribution in [2.75, 3.05) is 32.7 Å². The summed E-state index contributed by atoms with van der Waals surface area (Å²) in [6.07, 6.45) is 1.02. The molecular formula is C20H32ClN3O. The molecule has 0 aliphatic carbocycles. The number of amides is 2. The van der Waals surface area contributed by atoms with Gasteiger partial charge in [0.1, 0.15) is 0 Å². The van der Waals surface area contributed by atoms with Gasteiger partial charge in [0.2, 0.25) is 0 Å². The number of hydrogen-bond donors (Lipinski definition) is 1. The Kier molecular flexibility index (Phi) is 6.39. The first-order valence-electron chi connectivity index (χ1n) is 9.13. The van der Waals surface area contributed by atoms with Crippen LogP contribution in [0.2, 0.25) is 5.02 Å². The van der Waals surface area contributed by atoms with Crippen LogP contribution in [0.4, 0.5) is 4.79 Å². The number of nitrogens with zero attached hydrogens (tertiary/aromatic N) is 2. The monoisotopic (exact) mass is 365 g/mol. The summed E-state index contributed by atoms with van der Waals surface area (Å²) in [6.45, 7) is 15.2. The summed E-state index contributed by atoms with van der Waals surface area (Å²) in [7, 11) is 0. The summed E-state index contributed by atoms with van der Waals surface area (Å²) in [4.78, 5) is 17.0. The molecule has 1 fully saturated rings. The molecule has 0 unspecified atom stereocenters. The highest BCUT2D eigenvalue weighted by Crippen LogP contribution is 2.24. The molecule has 0 atom stereocenters. The van der Waals surface area contributed by atoms with Crippen LogP contribution >= 0.6 is 11.6 Å². The van der Waals surface area contributed by atoms with Crippen molar-refractivity contribution >= 4 is 17.6 Å². The van der Waals surface area contributed by atoms with E-state index in [2.05, 4.69) is 44.8 Å². The van der Waals surface area contributed by atoms with Crippen molar-refractivity contribution < 1.29 is 4.79 Å². The lowest BCUT2D eigenvalue weighted by Gasteiger charge is -2.34. The zero-order valence-electron chi connectivity index (χ0n) is 16.2. The Morgan fingerprint density at radius 3 is 2.28 bits per heavy atom. The first-order valence-corrected chi connectivity index (χ1v) is 9.51. The second kappa shape index (κ2) is 7.96. The van der Waals surface area contributed by atoms with Crippen LogP contribution in [0.3, 0.4) is 0 Å². The number of rotatable bonds is 3. The minimum atomic E-state index is -0.135. The zero-order valence-corrected chi connectivity index (χ0v) is 17.0. The second-order valence-electron chi connectivity index (χ2n) is 8.55. The van der Waals surface area contributed by atoms with E-state index in [9.17, 15) is 4.79 Å². The largest absolute Gasteiger partial charge is 0.337 e. The van der Waals surface area contributed by atoms with E-state index in [0.29, 0.717) is 6.54 Å². The van der Waals surface area contributed by atoms with E-state index in [1.807, 2.05) is 29.2 Å². The lowest BCUT2D eigenvalue weighted by molar-refractivity contribution is 0.141. The SMILES string of the molecule is CC(C)(CNC(=O)N1CCCN(C(C)(C)C)CC1)c1ccc(Cl)cc1. The zero-order chi connectivity index (χ0) is 18.7. The predicted molar refractivity (Wildman–Crippen MR) is 105 cm³/mol. The van der Waals surface area contributed by atoms with E-state index in [4.69, 9.17) is 11.6 Å². The molecule has 1 N–H and O–H groups in total. The lowest BCUT2D eigenvalue weighted by atomic mass is 9.85. The number of urea groups is 1. The third-order valence-electron chi connectivity index (χ3n) is 5.04. The first-order chi connectivity index (χ1) is 11.6.